The zero-order chi connectivity index (χ0) is 28.4. The Bertz CT molecular complexity index is 599. The number of nitrogens with zero attached hydrogens (tertiary/aromatic N) is 2. The molecule has 0 fully saturated rings. The summed E-state index contributed by atoms with van der Waals surface area (Å²) in [5.41, 5.74) is 1.45. The highest BCUT2D eigenvalue weighted by Gasteiger charge is 2.14. The van der Waals surface area contributed by atoms with Crippen LogP contribution in [0.4, 0.5) is 0 Å². The third kappa shape index (κ3) is 33.9. The monoisotopic (exact) mass is 603 g/mol. The van der Waals surface area contributed by atoms with E-state index in [1.165, 1.54) is 147 Å². The van der Waals surface area contributed by atoms with Crippen molar-refractivity contribution < 1.29 is 33.8 Å². The minimum atomic E-state index is 0. The quantitative estimate of drug-likeness (QED) is 0.118. The van der Waals surface area contributed by atoms with Crippen LogP contribution in [0, 0.1) is 0 Å². The lowest BCUT2D eigenvalue weighted by Gasteiger charge is -2.30. The minimum absolute atomic E-state index is 0. The summed E-state index contributed by atoms with van der Waals surface area (Å²) in [5, 5.41) is 0. The Balaban J connectivity index is -0.000000654. The molecule has 40 heavy (non-hydrogen) atoms. The fourth-order valence-electron chi connectivity index (χ4n) is 5.26. The number of hydrogen-bond donors (Lipinski definition) is 0. The van der Waals surface area contributed by atoms with Crippen LogP contribution in [0.15, 0.2) is 30.3 Å². The van der Waals surface area contributed by atoms with Crippen molar-refractivity contribution in [1.29, 1.82) is 0 Å². The fourth-order valence-corrected chi connectivity index (χ4v) is 5.26. The molecule has 0 aliphatic rings. The Morgan fingerprint density at radius 3 is 1.10 bits per heavy atom. The zero-order valence-corrected chi connectivity index (χ0v) is 29.8. The van der Waals surface area contributed by atoms with Gasteiger partial charge in [-0.05, 0) is 25.7 Å². The molecule has 0 spiro atoms. The number of hydrogen-bond acceptors (Lipinski definition) is 0. The maximum absolute atomic E-state index is 2.35. The van der Waals surface area contributed by atoms with E-state index in [2.05, 4.69) is 79.4 Å². The third-order valence-electron chi connectivity index (χ3n) is 7.75. The van der Waals surface area contributed by atoms with Gasteiger partial charge in [-0.15, -0.1) is 0 Å². The summed E-state index contributed by atoms with van der Waals surface area (Å²) in [5.74, 6) is 0. The molecule has 0 aliphatic carbocycles. The Labute approximate surface area is 266 Å². The van der Waals surface area contributed by atoms with Gasteiger partial charge in [0.2, 0.25) is 0 Å². The molecule has 0 radical (unpaired) electrons. The molecule has 0 heterocycles. The van der Waals surface area contributed by atoms with Crippen molar-refractivity contribution in [3.63, 3.8) is 0 Å². The van der Waals surface area contributed by atoms with E-state index >= 15 is 0 Å². The fraction of sp³-hybridized carbons (Fsp3) is 0.833. The Morgan fingerprint density at radius 1 is 0.425 bits per heavy atom. The zero-order valence-electron chi connectivity index (χ0n) is 28.3. The van der Waals surface area contributed by atoms with Crippen LogP contribution in [-0.2, 0) is 6.54 Å². The van der Waals surface area contributed by atoms with E-state index in [1.807, 2.05) is 0 Å². The van der Waals surface area contributed by atoms with Crippen LogP contribution in [0.5, 0.6) is 0 Å². The molecule has 1 aromatic rings. The van der Waals surface area contributed by atoms with Gasteiger partial charge in [-0.1, -0.05) is 147 Å². The van der Waals surface area contributed by atoms with E-state index < -0.39 is 0 Å². The first-order valence-electron chi connectivity index (χ1n) is 16.9. The first-order valence-corrected chi connectivity index (χ1v) is 16.9. The number of benzene rings is 1. The van der Waals surface area contributed by atoms with Crippen molar-refractivity contribution in [1.82, 2.24) is 0 Å². The molecule has 0 atom stereocenters. The molecule has 0 saturated carbocycles. The molecule has 4 heteroatoms. The largest absolute Gasteiger partial charge is 1.00 e. The van der Waals surface area contributed by atoms with E-state index in [9.17, 15) is 0 Å². The molecule has 0 N–H and O–H groups in total. The molecular weight excluding hydrogens is 531 g/mol. The molecule has 1 aromatic carbocycles. The van der Waals surface area contributed by atoms with Gasteiger partial charge in [0.15, 0.2) is 0 Å². The van der Waals surface area contributed by atoms with Crippen LogP contribution >= 0.6 is 0 Å². The number of halogens is 2. The van der Waals surface area contributed by atoms with Crippen LogP contribution in [0.2, 0.25) is 0 Å². The summed E-state index contributed by atoms with van der Waals surface area (Å²) in [6.07, 6.45) is 28.7. The molecule has 0 unspecified atom stereocenters. The van der Waals surface area contributed by atoms with Gasteiger partial charge in [-0.3, -0.25) is 0 Å². The highest BCUT2D eigenvalue weighted by molar-refractivity contribution is 5.13. The van der Waals surface area contributed by atoms with Crippen LogP contribution in [0.25, 0.3) is 0 Å². The molecule has 240 valence electrons. The average molecular weight is 604 g/mol. The maximum atomic E-state index is 2.35. The summed E-state index contributed by atoms with van der Waals surface area (Å²) in [6.45, 7) is 8.34. The first kappa shape index (κ1) is 44.2. The summed E-state index contributed by atoms with van der Waals surface area (Å²) in [7, 11) is 11.6. The Kier molecular flexibility index (Phi) is 33.3. The van der Waals surface area contributed by atoms with Gasteiger partial charge in [-0.2, -0.15) is 0 Å². The number of rotatable bonds is 24. The molecule has 0 aromatic heterocycles. The summed E-state index contributed by atoms with van der Waals surface area (Å²) >= 11 is 0. The molecule has 0 saturated heterocycles. The smallest absolute Gasteiger partial charge is 0.104 e. The van der Waals surface area contributed by atoms with Crippen molar-refractivity contribution in [3.8, 4) is 0 Å². The van der Waals surface area contributed by atoms with Crippen LogP contribution in [0.3, 0.4) is 0 Å². The molecule has 0 bridgehead atoms. The number of unbranched alkanes of at least 4 members (excludes halogenated alkanes) is 18. The van der Waals surface area contributed by atoms with Crippen molar-refractivity contribution in [2.45, 2.75) is 149 Å². The van der Waals surface area contributed by atoms with E-state index in [1.54, 1.807) is 0 Å². The maximum Gasteiger partial charge on any atom is 0.104 e. The van der Waals surface area contributed by atoms with Crippen molar-refractivity contribution in [2.24, 2.45) is 0 Å². The molecule has 0 aliphatic heterocycles. The topological polar surface area (TPSA) is 0 Å². The lowest BCUT2D eigenvalue weighted by Crippen LogP contribution is -3.00. The van der Waals surface area contributed by atoms with Gasteiger partial charge < -0.3 is 33.8 Å². The highest BCUT2D eigenvalue weighted by Crippen LogP contribution is 2.14. The van der Waals surface area contributed by atoms with Gasteiger partial charge >= 0.3 is 0 Å². The third-order valence-corrected chi connectivity index (χ3v) is 7.75. The lowest BCUT2D eigenvalue weighted by atomic mass is 10.0. The second-order valence-corrected chi connectivity index (χ2v) is 13.7. The second-order valence-electron chi connectivity index (χ2n) is 13.7. The summed E-state index contributed by atoms with van der Waals surface area (Å²) < 4.78 is 2.23. The SMILES string of the molecule is CCCCCCCCCCCCCCCC[N+](C)(C)C.CCCCCCCC[N+](C)(C)Cc1ccccc1.[Cl-].[Cl-]. The molecular formula is C36H72Cl2N2. The molecule has 1 rings (SSSR count). The van der Waals surface area contributed by atoms with Crippen molar-refractivity contribution >= 4 is 0 Å². The Morgan fingerprint density at radius 2 is 0.750 bits per heavy atom. The normalized spacial score (nSPS) is 11.3. The van der Waals surface area contributed by atoms with Gasteiger partial charge in [-0.25, -0.2) is 0 Å². The van der Waals surface area contributed by atoms with E-state index in [0.717, 1.165) is 15.5 Å². The predicted molar refractivity (Wildman–Crippen MR) is 174 cm³/mol. The van der Waals surface area contributed by atoms with Crippen LogP contribution < -0.4 is 24.8 Å². The summed E-state index contributed by atoms with van der Waals surface area (Å²) in [6, 6.07) is 10.8. The van der Waals surface area contributed by atoms with Crippen LogP contribution in [0.1, 0.15) is 148 Å². The standard InChI is InChI=1S/C19H42N.C17H30N.2ClH/c1-5-6-7-8-9-10-11-12-13-14-15-16-17-18-19-20(2,3)4;1-4-5-6-7-8-12-15-18(2,3)16-17-13-10-9-11-14-17;;/h5-19H2,1-4H3;9-11,13-14H,4-8,12,15-16H2,1-3H3;2*1H/q2*+1;;/p-2. The van der Waals surface area contributed by atoms with E-state index in [0.29, 0.717) is 0 Å². The molecule has 0 amide bonds. The van der Waals surface area contributed by atoms with E-state index in [4.69, 9.17) is 0 Å². The summed E-state index contributed by atoms with van der Waals surface area (Å²) in [4.78, 5) is 0. The first-order chi connectivity index (χ1) is 18.2. The van der Waals surface area contributed by atoms with Crippen molar-refractivity contribution in [2.75, 3.05) is 48.3 Å². The van der Waals surface area contributed by atoms with Gasteiger partial charge in [0, 0.05) is 5.56 Å². The number of quaternary nitrogens is 2. The lowest BCUT2D eigenvalue weighted by molar-refractivity contribution is -0.903. The van der Waals surface area contributed by atoms with E-state index in [-0.39, 0.29) is 24.8 Å². The predicted octanol–water partition coefficient (Wildman–Crippen LogP) is 4.81. The average Bonchev–Trinajstić information content (AvgIpc) is 2.86. The van der Waals surface area contributed by atoms with Gasteiger partial charge in [0.25, 0.3) is 0 Å². The van der Waals surface area contributed by atoms with Crippen molar-refractivity contribution in [3.05, 3.63) is 35.9 Å². The Hall–Kier alpha value is -0.280. The highest BCUT2D eigenvalue weighted by atomic mass is 35.5. The van der Waals surface area contributed by atoms with Crippen LogP contribution in [-0.4, -0.2) is 57.3 Å². The second kappa shape index (κ2) is 30.2. The van der Waals surface area contributed by atoms with Gasteiger partial charge in [0.05, 0.1) is 48.3 Å². The van der Waals surface area contributed by atoms with Gasteiger partial charge in [0.1, 0.15) is 6.54 Å². The molecule has 2 nitrogen and oxygen atoms in total. The minimum Gasteiger partial charge on any atom is -1.00 e.